The van der Waals surface area contributed by atoms with E-state index in [1.807, 2.05) is 6.92 Å². The van der Waals surface area contributed by atoms with Crippen molar-refractivity contribution >= 4 is 7.37 Å². The van der Waals surface area contributed by atoms with E-state index in [0.29, 0.717) is 6.16 Å². The second-order valence-electron chi connectivity index (χ2n) is 2.39. The van der Waals surface area contributed by atoms with Gasteiger partial charge in [-0.3, -0.25) is 4.57 Å². The van der Waals surface area contributed by atoms with Gasteiger partial charge in [-0.1, -0.05) is 20.3 Å². The minimum absolute atomic E-state index is 0.670. The Hall–Kier alpha value is 0.190. The van der Waals surface area contributed by atoms with Crippen LogP contribution in [0.3, 0.4) is 0 Å². The summed E-state index contributed by atoms with van der Waals surface area (Å²) in [7, 11) is -0.656. The van der Waals surface area contributed by atoms with E-state index in [9.17, 15) is 4.57 Å². The molecule has 1 atom stereocenters. The highest BCUT2D eigenvalue weighted by atomic mass is 31.2. The molecule has 0 aliphatic carbocycles. The van der Waals surface area contributed by atoms with Crippen molar-refractivity contribution in [2.75, 3.05) is 19.4 Å². The molecule has 0 aromatic heterocycles. The topological polar surface area (TPSA) is 26.3 Å². The third-order valence-corrected chi connectivity index (χ3v) is 4.29. The standard InChI is InChI=1S/C7H17O2P/c1-4-6-7-10(8,5-2)9-3/h4-7H2,1-3H3. The molecule has 0 radical (unpaired) electrons. The summed E-state index contributed by atoms with van der Waals surface area (Å²) in [5.41, 5.74) is 0. The van der Waals surface area contributed by atoms with E-state index in [0.717, 1.165) is 19.0 Å². The minimum Gasteiger partial charge on any atom is -0.332 e. The lowest BCUT2D eigenvalue weighted by Gasteiger charge is -2.12. The van der Waals surface area contributed by atoms with Gasteiger partial charge >= 0.3 is 0 Å². The third-order valence-electron chi connectivity index (χ3n) is 1.67. The molecule has 0 aromatic rings. The van der Waals surface area contributed by atoms with Gasteiger partial charge in [0.05, 0.1) is 0 Å². The summed E-state index contributed by atoms with van der Waals surface area (Å²) in [6.45, 7) is 4.01. The predicted octanol–water partition coefficient (Wildman–Crippen LogP) is 2.73. The van der Waals surface area contributed by atoms with Gasteiger partial charge in [0.1, 0.15) is 0 Å². The number of hydrogen-bond acceptors (Lipinski definition) is 2. The van der Waals surface area contributed by atoms with Gasteiger partial charge in [-0.2, -0.15) is 0 Å². The maximum absolute atomic E-state index is 11.5. The molecular weight excluding hydrogens is 147 g/mol. The molecule has 0 aliphatic rings. The van der Waals surface area contributed by atoms with Crippen LogP contribution in [0.4, 0.5) is 0 Å². The first-order chi connectivity index (χ1) is 4.68. The van der Waals surface area contributed by atoms with Crippen molar-refractivity contribution in [1.29, 1.82) is 0 Å². The highest BCUT2D eigenvalue weighted by Gasteiger charge is 2.16. The van der Waals surface area contributed by atoms with Crippen LogP contribution in [-0.4, -0.2) is 19.4 Å². The molecule has 10 heavy (non-hydrogen) atoms. The fourth-order valence-corrected chi connectivity index (χ4v) is 2.33. The molecule has 0 aromatic carbocycles. The van der Waals surface area contributed by atoms with Crippen LogP contribution < -0.4 is 0 Å². The first kappa shape index (κ1) is 10.2. The van der Waals surface area contributed by atoms with Crippen LogP contribution in [0.1, 0.15) is 26.7 Å². The maximum atomic E-state index is 11.5. The van der Waals surface area contributed by atoms with Crippen molar-refractivity contribution in [2.24, 2.45) is 0 Å². The van der Waals surface area contributed by atoms with E-state index in [-0.39, 0.29) is 0 Å². The van der Waals surface area contributed by atoms with Crippen LogP contribution >= 0.6 is 7.37 Å². The van der Waals surface area contributed by atoms with Gasteiger partial charge in [0.25, 0.3) is 0 Å². The van der Waals surface area contributed by atoms with Crippen LogP contribution in [0.25, 0.3) is 0 Å². The summed E-state index contributed by atoms with van der Waals surface area (Å²) in [6.07, 6.45) is 3.52. The van der Waals surface area contributed by atoms with Gasteiger partial charge < -0.3 is 4.52 Å². The van der Waals surface area contributed by atoms with Gasteiger partial charge in [0.2, 0.25) is 7.37 Å². The molecule has 0 N–H and O–H groups in total. The maximum Gasteiger partial charge on any atom is 0.202 e. The zero-order valence-electron chi connectivity index (χ0n) is 7.09. The van der Waals surface area contributed by atoms with Crippen LogP contribution in [0.15, 0.2) is 0 Å². The van der Waals surface area contributed by atoms with Crippen molar-refractivity contribution in [1.82, 2.24) is 0 Å². The molecule has 0 aliphatic heterocycles. The zero-order chi connectivity index (χ0) is 8.04. The van der Waals surface area contributed by atoms with Gasteiger partial charge in [0, 0.05) is 19.4 Å². The van der Waals surface area contributed by atoms with Gasteiger partial charge in [-0.25, -0.2) is 0 Å². The summed E-state index contributed by atoms with van der Waals surface area (Å²) >= 11 is 0. The molecule has 1 unspecified atom stereocenters. The summed E-state index contributed by atoms with van der Waals surface area (Å²) in [6, 6.07) is 0. The molecule has 0 rings (SSSR count). The third kappa shape index (κ3) is 3.38. The number of hydrogen-bond donors (Lipinski definition) is 0. The van der Waals surface area contributed by atoms with Gasteiger partial charge in [-0.05, 0) is 6.42 Å². The van der Waals surface area contributed by atoms with Crippen LogP contribution in [-0.2, 0) is 9.09 Å². The second kappa shape index (κ2) is 4.92. The van der Waals surface area contributed by atoms with Crippen molar-refractivity contribution < 1.29 is 9.09 Å². The number of unbranched alkanes of at least 4 members (excludes halogenated alkanes) is 1. The Morgan fingerprint density at radius 1 is 1.40 bits per heavy atom. The van der Waals surface area contributed by atoms with Crippen LogP contribution in [0.2, 0.25) is 0 Å². The Bertz CT molecular complexity index is 115. The molecule has 0 spiro atoms. The van der Waals surface area contributed by atoms with Crippen molar-refractivity contribution in [3.05, 3.63) is 0 Å². The van der Waals surface area contributed by atoms with E-state index >= 15 is 0 Å². The SMILES string of the molecule is CCCCP(=O)(CC)OC. The van der Waals surface area contributed by atoms with Crippen molar-refractivity contribution in [2.45, 2.75) is 26.7 Å². The average Bonchev–Trinajstić information content (AvgIpc) is 2.00. The molecule has 0 heterocycles. The molecular formula is C7H17O2P. The second-order valence-corrected chi connectivity index (χ2v) is 5.46. The van der Waals surface area contributed by atoms with Crippen molar-refractivity contribution in [3.8, 4) is 0 Å². The Morgan fingerprint density at radius 2 is 2.00 bits per heavy atom. The Balaban J connectivity index is 3.70. The molecule has 0 saturated carbocycles. The Kier molecular flexibility index (Phi) is 5.02. The van der Waals surface area contributed by atoms with E-state index in [2.05, 4.69) is 6.92 Å². The first-order valence-corrected chi connectivity index (χ1v) is 5.82. The lowest BCUT2D eigenvalue weighted by atomic mass is 10.4. The van der Waals surface area contributed by atoms with E-state index < -0.39 is 7.37 Å². The normalized spacial score (nSPS) is 16.7. The molecule has 0 saturated heterocycles. The fourth-order valence-electron chi connectivity index (χ4n) is 0.778. The summed E-state index contributed by atoms with van der Waals surface area (Å²) in [5, 5.41) is 0. The quantitative estimate of drug-likeness (QED) is 0.584. The first-order valence-electron chi connectivity index (χ1n) is 3.82. The van der Waals surface area contributed by atoms with Crippen LogP contribution in [0, 0.1) is 0 Å². The molecule has 0 bridgehead atoms. The average molecular weight is 164 g/mol. The van der Waals surface area contributed by atoms with Gasteiger partial charge in [-0.15, -0.1) is 0 Å². The minimum atomic E-state index is -2.20. The molecule has 2 nitrogen and oxygen atoms in total. The number of rotatable bonds is 5. The molecule has 0 amide bonds. The zero-order valence-corrected chi connectivity index (χ0v) is 7.99. The lowest BCUT2D eigenvalue weighted by molar-refractivity contribution is 0.393. The van der Waals surface area contributed by atoms with Crippen LogP contribution in [0.5, 0.6) is 0 Å². The smallest absolute Gasteiger partial charge is 0.202 e. The Morgan fingerprint density at radius 3 is 2.30 bits per heavy atom. The Labute approximate surface area is 63.4 Å². The largest absolute Gasteiger partial charge is 0.332 e. The van der Waals surface area contributed by atoms with Gasteiger partial charge in [0.15, 0.2) is 0 Å². The molecule has 3 heteroatoms. The molecule has 0 fully saturated rings. The monoisotopic (exact) mass is 164 g/mol. The lowest BCUT2D eigenvalue weighted by Crippen LogP contribution is -1.94. The summed E-state index contributed by atoms with van der Waals surface area (Å²) in [5.74, 6) is 0. The van der Waals surface area contributed by atoms with E-state index in [1.165, 1.54) is 0 Å². The highest BCUT2D eigenvalue weighted by Crippen LogP contribution is 2.45. The molecule has 62 valence electrons. The predicted molar refractivity (Wildman–Crippen MR) is 44.9 cm³/mol. The van der Waals surface area contributed by atoms with Crippen molar-refractivity contribution in [3.63, 3.8) is 0 Å². The highest BCUT2D eigenvalue weighted by molar-refractivity contribution is 7.58. The van der Waals surface area contributed by atoms with E-state index in [1.54, 1.807) is 7.11 Å². The van der Waals surface area contributed by atoms with E-state index in [4.69, 9.17) is 4.52 Å². The summed E-state index contributed by atoms with van der Waals surface area (Å²) < 4.78 is 16.4. The summed E-state index contributed by atoms with van der Waals surface area (Å²) in [4.78, 5) is 0. The fraction of sp³-hybridized carbons (Fsp3) is 1.00.